The Labute approximate surface area is 113 Å². The Morgan fingerprint density at radius 3 is 2.79 bits per heavy atom. The van der Waals surface area contributed by atoms with Crippen LogP contribution in [0.25, 0.3) is 0 Å². The molecule has 0 saturated heterocycles. The lowest BCUT2D eigenvalue weighted by Gasteiger charge is -2.14. The number of nitrogens with one attached hydrogen (secondary N) is 1. The monoisotopic (exact) mass is 261 g/mol. The van der Waals surface area contributed by atoms with Crippen molar-refractivity contribution in [1.29, 1.82) is 0 Å². The molecule has 1 aromatic heterocycles. The van der Waals surface area contributed by atoms with E-state index >= 15 is 0 Å². The van der Waals surface area contributed by atoms with Gasteiger partial charge in [-0.15, -0.1) is 0 Å². The number of aryl methyl sites for hydroxylation is 1. The molecule has 0 aliphatic heterocycles. The topological polar surface area (TPSA) is 62.3 Å². The standard InChI is InChI=1S/C14H19N3O2/c1-4-14(19)17(3)10-13(18)15-8-7-12-6-5-11(2)16-9-12/h4-6,9H,1,7-8,10H2,2-3H3,(H,15,18). The molecular weight excluding hydrogens is 242 g/mol. The van der Waals surface area contributed by atoms with Crippen LogP contribution in [0.4, 0.5) is 0 Å². The molecule has 102 valence electrons. The maximum atomic E-state index is 11.6. The van der Waals surface area contributed by atoms with Gasteiger partial charge in [0, 0.05) is 25.5 Å². The third-order valence-corrected chi connectivity index (χ3v) is 2.64. The van der Waals surface area contributed by atoms with Crippen LogP contribution in [0.5, 0.6) is 0 Å². The van der Waals surface area contributed by atoms with Gasteiger partial charge in [0.2, 0.25) is 11.8 Å². The fourth-order valence-electron chi connectivity index (χ4n) is 1.50. The van der Waals surface area contributed by atoms with E-state index in [1.807, 2.05) is 19.1 Å². The Bertz CT molecular complexity index is 454. The van der Waals surface area contributed by atoms with Gasteiger partial charge in [0.25, 0.3) is 0 Å². The number of aromatic nitrogens is 1. The third-order valence-electron chi connectivity index (χ3n) is 2.64. The Balaban J connectivity index is 2.29. The molecule has 0 unspecified atom stereocenters. The molecule has 1 aromatic rings. The molecule has 0 spiro atoms. The maximum absolute atomic E-state index is 11.6. The van der Waals surface area contributed by atoms with E-state index in [1.54, 1.807) is 13.2 Å². The molecule has 0 radical (unpaired) electrons. The molecule has 1 rings (SSSR count). The number of carbonyl (C=O) groups is 2. The Kier molecular flexibility index (Phi) is 5.73. The van der Waals surface area contributed by atoms with Crippen LogP contribution in [0.15, 0.2) is 31.0 Å². The summed E-state index contributed by atoms with van der Waals surface area (Å²) in [5.74, 6) is -0.448. The molecule has 0 aliphatic rings. The molecule has 0 fully saturated rings. The number of carbonyl (C=O) groups excluding carboxylic acids is 2. The predicted octanol–water partition coefficient (Wildman–Crippen LogP) is 0.693. The van der Waals surface area contributed by atoms with E-state index in [2.05, 4.69) is 16.9 Å². The lowest BCUT2D eigenvalue weighted by molar-refractivity contribution is -0.131. The normalized spacial score (nSPS) is 9.79. The maximum Gasteiger partial charge on any atom is 0.246 e. The van der Waals surface area contributed by atoms with E-state index in [-0.39, 0.29) is 18.4 Å². The van der Waals surface area contributed by atoms with Gasteiger partial charge in [0.1, 0.15) is 0 Å². The van der Waals surface area contributed by atoms with Crippen molar-refractivity contribution in [1.82, 2.24) is 15.2 Å². The van der Waals surface area contributed by atoms with Crippen LogP contribution in [-0.2, 0) is 16.0 Å². The Morgan fingerprint density at radius 1 is 1.47 bits per heavy atom. The minimum Gasteiger partial charge on any atom is -0.354 e. The van der Waals surface area contributed by atoms with Gasteiger partial charge in [-0.1, -0.05) is 12.6 Å². The van der Waals surface area contributed by atoms with Crippen molar-refractivity contribution in [2.45, 2.75) is 13.3 Å². The number of hydrogen-bond acceptors (Lipinski definition) is 3. The predicted molar refractivity (Wildman–Crippen MR) is 73.5 cm³/mol. The third kappa shape index (κ3) is 5.33. The van der Waals surface area contributed by atoms with Crippen molar-refractivity contribution >= 4 is 11.8 Å². The van der Waals surface area contributed by atoms with Crippen molar-refractivity contribution in [2.24, 2.45) is 0 Å². The highest BCUT2D eigenvalue weighted by Crippen LogP contribution is 1.99. The van der Waals surface area contributed by atoms with Crippen molar-refractivity contribution in [2.75, 3.05) is 20.1 Å². The minimum absolute atomic E-state index is 0.0387. The van der Waals surface area contributed by atoms with E-state index in [4.69, 9.17) is 0 Å². The van der Waals surface area contributed by atoms with E-state index in [0.717, 1.165) is 17.7 Å². The van der Waals surface area contributed by atoms with Crippen LogP contribution < -0.4 is 5.32 Å². The summed E-state index contributed by atoms with van der Waals surface area (Å²) in [4.78, 5) is 28.3. The minimum atomic E-state index is -0.266. The highest BCUT2D eigenvalue weighted by molar-refractivity contribution is 5.90. The quantitative estimate of drug-likeness (QED) is 0.766. The highest BCUT2D eigenvalue weighted by atomic mass is 16.2. The fraction of sp³-hybridized carbons (Fsp3) is 0.357. The lowest BCUT2D eigenvalue weighted by atomic mass is 10.2. The largest absolute Gasteiger partial charge is 0.354 e. The number of nitrogens with zero attached hydrogens (tertiary/aromatic N) is 2. The molecule has 0 aromatic carbocycles. The first kappa shape index (κ1) is 14.9. The molecule has 0 aliphatic carbocycles. The zero-order valence-corrected chi connectivity index (χ0v) is 11.3. The van der Waals surface area contributed by atoms with Gasteiger partial charge in [-0.05, 0) is 31.1 Å². The molecule has 0 saturated carbocycles. The number of likely N-dealkylation sites (N-methyl/N-ethyl adjacent to an activating group) is 1. The molecule has 0 bridgehead atoms. The van der Waals surface area contributed by atoms with Crippen molar-refractivity contribution in [3.05, 3.63) is 42.2 Å². The second kappa shape index (κ2) is 7.31. The van der Waals surface area contributed by atoms with E-state index < -0.39 is 0 Å². The second-order valence-corrected chi connectivity index (χ2v) is 4.31. The van der Waals surface area contributed by atoms with Crippen molar-refractivity contribution < 1.29 is 9.59 Å². The molecular formula is C14H19N3O2. The first-order chi connectivity index (χ1) is 9.02. The second-order valence-electron chi connectivity index (χ2n) is 4.31. The van der Waals surface area contributed by atoms with E-state index in [0.29, 0.717) is 6.54 Å². The zero-order valence-electron chi connectivity index (χ0n) is 11.3. The van der Waals surface area contributed by atoms with Crippen LogP contribution in [0.1, 0.15) is 11.3 Å². The Morgan fingerprint density at radius 2 is 2.21 bits per heavy atom. The van der Waals surface area contributed by atoms with Gasteiger partial charge in [-0.3, -0.25) is 14.6 Å². The lowest BCUT2D eigenvalue weighted by Crippen LogP contribution is -2.38. The SMILES string of the molecule is C=CC(=O)N(C)CC(=O)NCCc1ccc(C)nc1. The van der Waals surface area contributed by atoms with Crippen LogP contribution in [-0.4, -0.2) is 41.8 Å². The molecule has 1 N–H and O–H groups in total. The molecule has 19 heavy (non-hydrogen) atoms. The molecule has 0 atom stereocenters. The number of rotatable bonds is 6. The van der Waals surface area contributed by atoms with Crippen molar-refractivity contribution in [3.8, 4) is 0 Å². The van der Waals surface area contributed by atoms with Crippen LogP contribution in [0, 0.1) is 6.92 Å². The fourth-order valence-corrected chi connectivity index (χ4v) is 1.50. The van der Waals surface area contributed by atoms with Gasteiger partial charge >= 0.3 is 0 Å². The molecule has 2 amide bonds. The van der Waals surface area contributed by atoms with Gasteiger partial charge < -0.3 is 10.2 Å². The van der Waals surface area contributed by atoms with E-state index in [1.165, 1.54) is 11.0 Å². The summed E-state index contributed by atoms with van der Waals surface area (Å²) < 4.78 is 0. The average Bonchev–Trinajstić information content (AvgIpc) is 2.40. The van der Waals surface area contributed by atoms with Gasteiger partial charge in [0.05, 0.1) is 6.54 Å². The van der Waals surface area contributed by atoms with Gasteiger partial charge in [-0.2, -0.15) is 0 Å². The van der Waals surface area contributed by atoms with Crippen LogP contribution >= 0.6 is 0 Å². The summed E-state index contributed by atoms with van der Waals surface area (Å²) in [6, 6.07) is 3.93. The summed E-state index contributed by atoms with van der Waals surface area (Å²) in [6.07, 6.45) is 3.71. The number of hydrogen-bond donors (Lipinski definition) is 1. The van der Waals surface area contributed by atoms with Crippen molar-refractivity contribution in [3.63, 3.8) is 0 Å². The zero-order chi connectivity index (χ0) is 14.3. The summed E-state index contributed by atoms with van der Waals surface area (Å²) in [5.41, 5.74) is 2.04. The first-order valence-electron chi connectivity index (χ1n) is 6.08. The summed E-state index contributed by atoms with van der Waals surface area (Å²) in [6.45, 7) is 5.86. The van der Waals surface area contributed by atoms with E-state index in [9.17, 15) is 9.59 Å². The first-order valence-corrected chi connectivity index (χ1v) is 6.08. The Hall–Kier alpha value is -2.17. The van der Waals surface area contributed by atoms with Gasteiger partial charge in [-0.25, -0.2) is 0 Å². The molecule has 5 nitrogen and oxygen atoms in total. The smallest absolute Gasteiger partial charge is 0.246 e. The number of amides is 2. The summed E-state index contributed by atoms with van der Waals surface area (Å²) in [5, 5.41) is 2.76. The van der Waals surface area contributed by atoms with Crippen LogP contribution in [0.3, 0.4) is 0 Å². The average molecular weight is 261 g/mol. The summed E-state index contributed by atoms with van der Waals surface area (Å²) >= 11 is 0. The number of pyridine rings is 1. The highest BCUT2D eigenvalue weighted by Gasteiger charge is 2.09. The van der Waals surface area contributed by atoms with Gasteiger partial charge in [0.15, 0.2) is 0 Å². The van der Waals surface area contributed by atoms with Crippen LogP contribution in [0.2, 0.25) is 0 Å². The molecule has 5 heteroatoms. The molecule has 1 heterocycles. The summed E-state index contributed by atoms with van der Waals surface area (Å²) in [7, 11) is 1.56.